The fraction of sp³-hybridized carbons (Fsp3) is 0.385. The summed E-state index contributed by atoms with van der Waals surface area (Å²) in [6, 6.07) is 7.16. The Morgan fingerprint density at radius 3 is 2.59 bits per heavy atom. The number of nitrogens with zero attached hydrogens (tertiary/aromatic N) is 2. The second-order valence-corrected chi connectivity index (χ2v) is 5.21. The van der Waals surface area contributed by atoms with Crippen LogP contribution in [0.1, 0.15) is 27.0 Å². The average Bonchev–Trinajstić information content (AvgIpc) is 2.28. The number of hydrogen-bond acceptors (Lipinski definition) is 3. The number of aliphatic hydroxyl groups is 1. The molecular formula is C13H16N2O2. The van der Waals surface area contributed by atoms with Crippen LogP contribution in [0.15, 0.2) is 35.4 Å². The van der Waals surface area contributed by atoms with Crippen LogP contribution in [0.25, 0.3) is 10.9 Å². The SMILES string of the molecule is CC(C)(C)C(O)n1cnc(=O)c2ccccc21. The number of aromatic nitrogens is 2. The molecule has 1 heterocycles. The standard InChI is InChI=1S/C13H16N2O2/c1-13(2,3)12(17)15-8-14-11(16)9-6-4-5-7-10(9)15/h4-8,12,17H,1-3H3. The maximum Gasteiger partial charge on any atom is 0.280 e. The van der Waals surface area contributed by atoms with Crippen LogP contribution in [-0.4, -0.2) is 14.7 Å². The summed E-state index contributed by atoms with van der Waals surface area (Å²) in [7, 11) is 0. The number of benzene rings is 1. The summed E-state index contributed by atoms with van der Waals surface area (Å²) in [5, 5.41) is 10.8. The summed E-state index contributed by atoms with van der Waals surface area (Å²) in [5.41, 5.74) is 0.118. The first kappa shape index (κ1) is 11.8. The molecule has 0 saturated carbocycles. The number of rotatable bonds is 1. The van der Waals surface area contributed by atoms with Crippen LogP contribution in [0, 0.1) is 5.41 Å². The van der Waals surface area contributed by atoms with E-state index in [1.54, 1.807) is 16.7 Å². The average molecular weight is 232 g/mol. The predicted octanol–water partition coefficient (Wildman–Crippen LogP) is 1.93. The zero-order valence-electron chi connectivity index (χ0n) is 10.2. The van der Waals surface area contributed by atoms with Crippen molar-refractivity contribution in [3.8, 4) is 0 Å². The van der Waals surface area contributed by atoms with E-state index in [1.807, 2.05) is 32.9 Å². The van der Waals surface area contributed by atoms with E-state index in [4.69, 9.17) is 0 Å². The van der Waals surface area contributed by atoms with Crippen molar-refractivity contribution in [2.45, 2.75) is 27.0 Å². The number of aliphatic hydroxyl groups excluding tert-OH is 1. The third-order valence-corrected chi connectivity index (χ3v) is 2.75. The summed E-state index contributed by atoms with van der Waals surface area (Å²) in [5.74, 6) is 0. The van der Waals surface area contributed by atoms with E-state index in [0.717, 1.165) is 0 Å². The minimum atomic E-state index is -0.722. The number of hydrogen-bond donors (Lipinski definition) is 1. The first-order chi connectivity index (χ1) is 7.91. The monoisotopic (exact) mass is 232 g/mol. The minimum Gasteiger partial charge on any atom is -0.373 e. The van der Waals surface area contributed by atoms with Crippen LogP contribution in [0.2, 0.25) is 0 Å². The molecule has 1 N–H and O–H groups in total. The van der Waals surface area contributed by atoms with Crippen molar-refractivity contribution in [3.05, 3.63) is 40.9 Å². The smallest absolute Gasteiger partial charge is 0.280 e. The Labute approximate surface area is 99.5 Å². The minimum absolute atomic E-state index is 0.266. The van der Waals surface area contributed by atoms with Gasteiger partial charge in [0, 0.05) is 5.41 Å². The topological polar surface area (TPSA) is 55.1 Å². The summed E-state index contributed by atoms with van der Waals surface area (Å²) in [6.07, 6.45) is 0.682. The van der Waals surface area contributed by atoms with Gasteiger partial charge in [-0.1, -0.05) is 32.9 Å². The van der Waals surface area contributed by atoms with E-state index in [-0.39, 0.29) is 11.0 Å². The Morgan fingerprint density at radius 1 is 1.29 bits per heavy atom. The lowest BCUT2D eigenvalue weighted by Crippen LogP contribution is -2.26. The van der Waals surface area contributed by atoms with E-state index < -0.39 is 6.23 Å². The lowest BCUT2D eigenvalue weighted by Gasteiger charge is -2.28. The van der Waals surface area contributed by atoms with Crippen molar-refractivity contribution in [1.29, 1.82) is 0 Å². The van der Waals surface area contributed by atoms with E-state index in [9.17, 15) is 9.90 Å². The van der Waals surface area contributed by atoms with Crippen LogP contribution >= 0.6 is 0 Å². The Morgan fingerprint density at radius 2 is 1.94 bits per heavy atom. The summed E-state index contributed by atoms with van der Waals surface area (Å²) < 4.78 is 1.64. The van der Waals surface area contributed by atoms with Gasteiger partial charge in [-0.05, 0) is 12.1 Å². The van der Waals surface area contributed by atoms with Gasteiger partial charge in [-0.2, -0.15) is 4.98 Å². The number of fused-ring (bicyclic) bond motifs is 1. The van der Waals surface area contributed by atoms with E-state index in [0.29, 0.717) is 10.9 Å². The van der Waals surface area contributed by atoms with E-state index in [1.165, 1.54) is 6.33 Å². The van der Waals surface area contributed by atoms with Gasteiger partial charge in [-0.3, -0.25) is 4.79 Å². The van der Waals surface area contributed by atoms with Gasteiger partial charge in [0.2, 0.25) is 0 Å². The molecule has 0 amide bonds. The van der Waals surface area contributed by atoms with Gasteiger partial charge in [0.1, 0.15) is 12.6 Å². The van der Waals surface area contributed by atoms with Crippen molar-refractivity contribution < 1.29 is 5.11 Å². The zero-order chi connectivity index (χ0) is 12.6. The van der Waals surface area contributed by atoms with Crippen LogP contribution in [0.5, 0.6) is 0 Å². The molecule has 2 rings (SSSR count). The van der Waals surface area contributed by atoms with Crippen molar-refractivity contribution in [2.75, 3.05) is 0 Å². The first-order valence-electron chi connectivity index (χ1n) is 5.55. The zero-order valence-corrected chi connectivity index (χ0v) is 10.2. The molecule has 0 fully saturated rings. The van der Waals surface area contributed by atoms with Gasteiger partial charge in [0.15, 0.2) is 0 Å². The van der Waals surface area contributed by atoms with E-state index in [2.05, 4.69) is 4.98 Å². The van der Waals surface area contributed by atoms with Crippen molar-refractivity contribution >= 4 is 10.9 Å². The Hall–Kier alpha value is -1.68. The van der Waals surface area contributed by atoms with Crippen LogP contribution < -0.4 is 5.56 Å². The van der Waals surface area contributed by atoms with Gasteiger partial charge >= 0.3 is 0 Å². The molecule has 0 bridgehead atoms. The van der Waals surface area contributed by atoms with Gasteiger partial charge in [-0.25, -0.2) is 0 Å². The Kier molecular flexibility index (Phi) is 2.75. The number of para-hydroxylation sites is 1. The molecular weight excluding hydrogens is 216 g/mol. The lowest BCUT2D eigenvalue weighted by molar-refractivity contribution is 0.00237. The Balaban J connectivity index is 2.72. The predicted molar refractivity (Wildman–Crippen MR) is 66.7 cm³/mol. The molecule has 4 heteroatoms. The van der Waals surface area contributed by atoms with Gasteiger partial charge < -0.3 is 9.67 Å². The van der Waals surface area contributed by atoms with Crippen LogP contribution in [0.4, 0.5) is 0 Å². The molecule has 90 valence electrons. The molecule has 0 aliphatic rings. The summed E-state index contributed by atoms with van der Waals surface area (Å²) >= 11 is 0. The molecule has 0 aliphatic heterocycles. The maximum absolute atomic E-state index is 11.6. The second kappa shape index (κ2) is 3.96. The van der Waals surface area contributed by atoms with Crippen LogP contribution in [-0.2, 0) is 0 Å². The fourth-order valence-electron chi connectivity index (χ4n) is 1.74. The molecule has 0 saturated heterocycles. The highest BCUT2D eigenvalue weighted by atomic mass is 16.3. The first-order valence-corrected chi connectivity index (χ1v) is 5.55. The van der Waals surface area contributed by atoms with Crippen molar-refractivity contribution in [1.82, 2.24) is 9.55 Å². The third kappa shape index (κ3) is 2.08. The molecule has 0 radical (unpaired) electrons. The summed E-state index contributed by atoms with van der Waals surface area (Å²) in [4.78, 5) is 15.4. The maximum atomic E-state index is 11.6. The molecule has 1 atom stereocenters. The summed E-state index contributed by atoms with van der Waals surface area (Å²) in [6.45, 7) is 5.81. The molecule has 0 aliphatic carbocycles. The third-order valence-electron chi connectivity index (χ3n) is 2.75. The molecule has 17 heavy (non-hydrogen) atoms. The van der Waals surface area contributed by atoms with E-state index >= 15 is 0 Å². The molecule has 1 aromatic carbocycles. The van der Waals surface area contributed by atoms with Gasteiger partial charge in [-0.15, -0.1) is 0 Å². The second-order valence-electron chi connectivity index (χ2n) is 5.21. The quantitative estimate of drug-likeness (QED) is 0.817. The highest BCUT2D eigenvalue weighted by Crippen LogP contribution is 2.29. The highest BCUT2D eigenvalue weighted by molar-refractivity contribution is 5.77. The highest BCUT2D eigenvalue weighted by Gasteiger charge is 2.24. The fourth-order valence-corrected chi connectivity index (χ4v) is 1.74. The largest absolute Gasteiger partial charge is 0.373 e. The van der Waals surface area contributed by atoms with Crippen molar-refractivity contribution in [2.24, 2.45) is 5.41 Å². The molecule has 4 nitrogen and oxygen atoms in total. The normalized spacial score (nSPS) is 13.9. The van der Waals surface area contributed by atoms with Gasteiger partial charge in [0.05, 0.1) is 10.9 Å². The van der Waals surface area contributed by atoms with Gasteiger partial charge in [0.25, 0.3) is 5.56 Å². The molecule has 1 aromatic heterocycles. The molecule has 0 spiro atoms. The van der Waals surface area contributed by atoms with Crippen LogP contribution in [0.3, 0.4) is 0 Å². The molecule has 1 unspecified atom stereocenters. The molecule has 2 aromatic rings. The van der Waals surface area contributed by atoms with Crippen molar-refractivity contribution in [3.63, 3.8) is 0 Å². The lowest BCUT2D eigenvalue weighted by atomic mass is 9.94. The Bertz CT molecular complexity index is 596.